The molecule has 2 atom stereocenters. The van der Waals surface area contributed by atoms with E-state index in [0.717, 1.165) is 42.8 Å². The molecule has 0 bridgehead atoms. The van der Waals surface area contributed by atoms with Crippen molar-refractivity contribution < 1.29 is 13.6 Å². The first-order chi connectivity index (χ1) is 16.8. The van der Waals surface area contributed by atoms with Crippen LogP contribution in [0.15, 0.2) is 47.8 Å². The molecule has 7 nitrogen and oxygen atoms in total. The van der Waals surface area contributed by atoms with Crippen LogP contribution >= 0.6 is 0 Å². The van der Waals surface area contributed by atoms with E-state index in [-0.39, 0.29) is 24.2 Å². The molecule has 9 heteroatoms. The van der Waals surface area contributed by atoms with Crippen LogP contribution in [0.2, 0.25) is 0 Å². The average Bonchev–Trinajstić information content (AvgIpc) is 3.25. The topological polar surface area (TPSA) is 72.5 Å². The maximum absolute atomic E-state index is 14.2. The number of pyridine rings is 1. The number of carbonyl (C=O) groups excluding carboxylic acids is 1. The van der Waals surface area contributed by atoms with Crippen molar-refractivity contribution in [1.82, 2.24) is 31.0 Å². The van der Waals surface area contributed by atoms with Gasteiger partial charge in [0.2, 0.25) is 0 Å². The molecule has 1 saturated heterocycles. The number of benzene rings is 1. The van der Waals surface area contributed by atoms with Gasteiger partial charge in [0.25, 0.3) is 0 Å². The molecule has 1 fully saturated rings. The molecule has 0 saturated carbocycles. The lowest BCUT2D eigenvalue weighted by molar-refractivity contribution is 0.119. The first kappa shape index (κ1) is 23.7. The number of rotatable bonds is 4. The number of hydrazine groups is 1. The summed E-state index contributed by atoms with van der Waals surface area (Å²) in [5.41, 5.74) is 10.6. The summed E-state index contributed by atoms with van der Waals surface area (Å²) in [5.74, 6) is -1.06. The number of nitrogens with zero attached hydrogens (tertiary/aromatic N) is 3. The highest BCUT2D eigenvalue weighted by atomic mass is 19.1. The van der Waals surface area contributed by atoms with E-state index >= 15 is 0 Å². The first-order valence-corrected chi connectivity index (χ1v) is 12.2. The Labute approximate surface area is 204 Å². The number of halogens is 2. The Kier molecular flexibility index (Phi) is 6.46. The minimum absolute atomic E-state index is 0.00118. The van der Waals surface area contributed by atoms with Crippen LogP contribution in [-0.2, 0) is 6.54 Å². The monoisotopic (exact) mass is 482 g/mol. The van der Waals surface area contributed by atoms with Crippen LogP contribution in [-0.4, -0.2) is 52.5 Å². The third kappa shape index (κ3) is 5.01. The quantitative estimate of drug-likeness (QED) is 0.622. The zero-order valence-electron chi connectivity index (χ0n) is 20.2. The van der Waals surface area contributed by atoms with Gasteiger partial charge in [-0.15, -0.1) is 0 Å². The third-order valence-corrected chi connectivity index (χ3v) is 7.27. The summed E-state index contributed by atoms with van der Waals surface area (Å²) in [6, 6.07) is 7.91. The fourth-order valence-electron chi connectivity index (χ4n) is 5.47. The van der Waals surface area contributed by atoms with E-state index in [2.05, 4.69) is 27.2 Å². The number of aromatic nitrogens is 1. The number of nitrogens with one attached hydrogen (secondary N) is 3. The first-order valence-electron chi connectivity index (χ1n) is 12.2. The molecule has 35 heavy (non-hydrogen) atoms. The van der Waals surface area contributed by atoms with E-state index in [9.17, 15) is 13.6 Å². The highest BCUT2D eigenvalue weighted by Crippen LogP contribution is 2.32. The molecule has 3 aliphatic rings. The molecule has 2 unspecified atom stereocenters. The summed E-state index contributed by atoms with van der Waals surface area (Å²) in [6.45, 7) is 6.62. The lowest BCUT2D eigenvalue weighted by atomic mass is 9.90. The van der Waals surface area contributed by atoms with Crippen LogP contribution in [0.25, 0.3) is 0 Å². The van der Waals surface area contributed by atoms with E-state index in [4.69, 9.17) is 0 Å². The number of amides is 2. The number of likely N-dealkylation sites (tertiary alicyclic amines) is 1. The highest BCUT2D eigenvalue weighted by molar-refractivity contribution is 5.76. The van der Waals surface area contributed by atoms with Crippen molar-refractivity contribution in [3.8, 4) is 0 Å². The fraction of sp³-hybridized carbons (Fsp3) is 0.462. The smallest absolute Gasteiger partial charge is 0.318 e. The molecule has 0 radical (unpaired) electrons. The second kappa shape index (κ2) is 9.54. The number of aryl methyl sites for hydroxylation is 1. The van der Waals surface area contributed by atoms with Crippen molar-refractivity contribution in [2.24, 2.45) is 0 Å². The van der Waals surface area contributed by atoms with Crippen LogP contribution in [0.4, 0.5) is 13.6 Å². The van der Waals surface area contributed by atoms with Gasteiger partial charge in [0, 0.05) is 55.8 Å². The van der Waals surface area contributed by atoms with Gasteiger partial charge in [-0.25, -0.2) is 19.0 Å². The summed E-state index contributed by atoms with van der Waals surface area (Å²) in [6.07, 6.45) is 4.23. The van der Waals surface area contributed by atoms with Crippen molar-refractivity contribution in [2.75, 3.05) is 26.2 Å². The van der Waals surface area contributed by atoms with Crippen LogP contribution in [0, 0.1) is 18.6 Å². The zero-order chi connectivity index (χ0) is 24.6. The van der Waals surface area contributed by atoms with Gasteiger partial charge >= 0.3 is 6.03 Å². The standard InChI is InChI=1S/C26H32F2N6O/c1-17-13-18(7-10-29-17)24-20-15-34(12-8-23(20)31-32-24)25(35)30-26(2)9-4-11-33(16-26)14-19-21(27)5-3-6-22(19)28/h3,5-7,10,13,24,31-32H,4,8-9,11-12,14-16H2,1-2H3,(H,30,35). The molecule has 2 amide bonds. The van der Waals surface area contributed by atoms with Gasteiger partial charge < -0.3 is 15.6 Å². The van der Waals surface area contributed by atoms with Crippen LogP contribution in [0.1, 0.15) is 49.0 Å². The van der Waals surface area contributed by atoms with Gasteiger partial charge in [0.1, 0.15) is 11.6 Å². The normalized spacial score (nSPS) is 24.8. The maximum atomic E-state index is 14.2. The van der Waals surface area contributed by atoms with Gasteiger partial charge in [0.05, 0.1) is 11.6 Å². The summed E-state index contributed by atoms with van der Waals surface area (Å²) in [7, 11) is 0. The molecule has 0 spiro atoms. The number of carbonyl (C=O) groups is 1. The van der Waals surface area contributed by atoms with E-state index in [1.807, 2.05) is 29.7 Å². The van der Waals surface area contributed by atoms with Crippen molar-refractivity contribution in [3.63, 3.8) is 0 Å². The molecule has 0 aliphatic carbocycles. The number of piperidine rings is 1. The molecule has 1 aromatic heterocycles. The second-order valence-electron chi connectivity index (χ2n) is 10.1. The Hall–Kier alpha value is -3.04. The lowest BCUT2D eigenvalue weighted by Gasteiger charge is -2.42. The second-order valence-corrected chi connectivity index (χ2v) is 10.1. The van der Waals surface area contributed by atoms with Gasteiger partial charge in [-0.1, -0.05) is 6.07 Å². The Morgan fingerprint density at radius 2 is 2.06 bits per heavy atom. The van der Waals surface area contributed by atoms with E-state index in [1.54, 1.807) is 6.20 Å². The van der Waals surface area contributed by atoms with Crippen molar-refractivity contribution in [1.29, 1.82) is 0 Å². The lowest BCUT2D eigenvalue weighted by Crippen LogP contribution is -2.59. The van der Waals surface area contributed by atoms with Crippen molar-refractivity contribution in [2.45, 2.75) is 51.2 Å². The fourth-order valence-corrected chi connectivity index (χ4v) is 5.47. The summed E-state index contributed by atoms with van der Waals surface area (Å²) in [5, 5.41) is 3.24. The van der Waals surface area contributed by atoms with E-state index < -0.39 is 17.2 Å². The van der Waals surface area contributed by atoms with E-state index in [0.29, 0.717) is 19.6 Å². The van der Waals surface area contributed by atoms with Gasteiger partial charge in [0.15, 0.2) is 0 Å². The Morgan fingerprint density at radius 1 is 1.26 bits per heavy atom. The third-order valence-electron chi connectivity index (χ3n) is 7.27. The van der Waals surface area contributed by atoms with Crippen LogP contribution < -0.4 is 16.2 Å². The molecule has 1 aromatic carbocycles. The van der Waals surface area contributed by atoms with Crippen LogP contribution in [0.3, 0.4) is 0 Å². The predicted octanol–water partition coefficient (Wildman–Crippen LogP) is 3.54. The Morgan fingerprint density at radius 3 is 2.83 bits per heavy atom. The SMILES string of the molecule is Cc1cc(C2NNC3=C2CN(C(=O)NC2(C)CCCN(Cc4c(F)cccc4F)C2)CC3)ccn1. The summed E-state index contributed by atoms with van der Waals surface area (Å²) >= 11 is 0. The largest absolute Gasteiger partial charge is 0.332 e. The summed E-state index contributed by atoms with van der Waals surface area (Å²) in [4.78, 5) is 21.5. The number of urea groups is 1. The minimum atomic E-state index is -0.531. The molecule has 3 N–H and O–H groups in total. The minimum Gasteiger partial charge on any atom is -0.332 e. The van der Waals surface area contributed by atoms with E-state index in [1.165, 1.54) is 23.8 Å². The Balaban J connectivity index is 1.24. The van der Waals surface area contributed by atoms with Crippen molar-refractivity contribution >= 4 is 6.03 Å². The number of hydrogen-bond acceptors (Lipinski definition) is 5. The highest BCUT2D eigenvalue weighted by Gasteiger charge is 2.37. The van der Waals surface area contributed by atoms with Gasteiger partial charge in [-0.2, -0.15) is 0 Å². The van der Waals surface area contributed by atoms with Crippen LogP contribution in [0.5, 0.6) is 0 Å². The van der Waals surface area contributed by atoms with Gasteiger partial charge in [-0.05, 0) is 68.6 Å². The summed E-state index contributed by atoms with van der Waals surface area (Å²) < 4.78 is 28.3. The van der Waals surface area contributed by atoms with Gasteiger partial charge in [-0.3, -0.25) is 9.88 Å². The number of hydrogen-bond donors (Lipinski definition) is 3. The average molecular weight is 483 g/mol. The molecular weight excluding hydrogens is 450 g/mol. The molecule has 186 valence electrons. The molecule has 3 aliphatic heterocycles. The molecular formula is C26H32F2N6O. The van der Waals surface area contributed by atoms with Crippen molar-refractivity contribution in [3.05, 3.63) is 76.3 Å². The molecule has 5 rings (SSSR count). The maximum Gasteiger partial charge on any atom is 0.318 e. The Bertz CT molecular complexity index is 1130. The molecule has 4 heterocycles. The zero-order valence-corrected chi connectivity index (χ0v) is 20.2. The predicted molar refractivity (Wildman–Crippen MR) is 129 cm³/mol. The molecule has 2 aromatic rings.